The van der Waals surface area contributed by atoms with Crippen LogP contribution in [0.3, 0.4) is 0 Å². The van der Waals surface area contributed by atoms with E-state index in [9.17, 15) is 27.9 Å². The van der Waals surface area contributed by atoms with Gasteiger partial charge in [0.15, 0.2) is 0 Å². The van der Waals surface area contributed by atoms with Gasteiger partial charge in [-0.25, -0.2) is 9.59 Å². The third-order valence-electron chi connectivity index (χ3n) is 3.94. The van der Waals surface area contributed by atoms with Crippen LogP contribution in [0.4, 0.5) is 24.5 Å². The highest BCUT2D eigenvalue weighted by Crippen LogP contribution is 2.25. The molecule has 2 rings (SSSR count). The van der Waals surface area contributed by atoms with E-state index < -0.39 is 18.1 Å². The summed E-state index contributed by atoms with van der Waals surface area (Å²) < 4.78 is 32.6. The Morgan fingerprint density at radius 3 is 1.94 bits per heavy atom. The highest BCUT2D eigenvalue weighted by Gasteiger charge is 2.38. The molecular weight excluding hydrogens is 485 g/mol. The zero-order valence-corrected chi connectivity index (χ0v) is 18.1. The molecule has 0 atom stereocenters. The molecule has 31 heavy (non-hydrogen) atoms. The molecule has 0 bridgehead atoms. The minimum absolute atomic E-state index is 0.173. The van der Waals surface area contributed by atoms with Crippen molar-refractivity contribution in [1.82, 2.24) is 0 Å². The van der Waals surface area contributed by atoms with E-state index in [1.807, 2.05) is 18.7 Å². The van der Waals surface area contributed by atoms with Gasteiger partial charge in [-0.05, 0) is 56.3 Å². The van der Waals surface area contributed by atoms with Crippen LogP contribution in [0.25, 0.3) is 0 Å². The first kappa shape index (κ1) is 26.0. The lowest BCUT2D eigenvalue weighted by Crippen LogP contribution is -2.24. The highest BCUT2D eigenvalue weighted by atomic mass is 79.9. The Hall–Kier alpha value is -3.08. The normalized spacial score (nSPS) is 10.5. The minimum atomic E-state index is -5.08. The molecule has 11 heteroatoms. The predicted molar refractivity (Wildman–Crippen MR) is 113 cm³/mol. The topological polar surface area (TPSA) is 107 Å². The van der Waals surface area contributed by atoms with E-state index in [1.54, 1.807) is 36.4 Å². The fourth-order valence-electron chi connectivity index (χ4n) is 2.43. The summed E-state index contributed by atoms with van der Waals surface area (Å²) in [5, 5.41) is 19.3. The predicted octanol–water partition coefficient (Wildman–Crippen LogP) is 4.88. The van der Waals surface area contributed by atoms with Crippen LogP contribution in [0.2, 0.25) is 0 Å². The second-order valence-corrected chi connectivity index (χ2v) is 6.89. The maximum absolute atomic E-state index is 12.3. The summed E-state index contributed by atoms with van der Waals surface area (Å²) in [6.07, 6.45) is -5.08. The number of nitrogens with zero attached hydrogens (tertiary/aromatic N) is 1. The van der Waals surface area contributed by atoms with Crippen molar-refractivity contribution in [3.8, 4) is 0 Å². The SMILES string of the molecule is CCN(CC)c1ccc(NC(=O)c2ccc(Br)cc2)cc1C(=O)O.O=C(O)C(F)(F)F. The number of hydrogen-bond donors (Lipinski definition) is 3. The molecule has 0 aliphatic rings. The minimum Gasteiger partial charge on any atom is -0.478 e. The summed E-state index contributed by atoms with van der Waals surface area (Å²) in [6, 6.07) is 11.9. The van der Waals surface area contributed by atoms with Crippen LogP contribution in [0.1, 0.15) is 34.6 Å². The van der Waals surface area contributed by atoms with E-state index in [0.29, 0.717) is 30.0 Å². The Balaban J connectivity index is 0.000000592. The van der Waals surface area contributed by atoms with Gasteiger partial charge < -0.3 is 20.4 Å². The molecule has 3 N–H and O–H groups in total. The van der Waals surface area contributed by atoms with Gasteiger partial charge in [-0.3, -0.25) is 4.79 Å². The van der Waals surface area contributed by atoms with Crippen molar-refractivity contribution in [2.45, 2.75) is 20.0 Å². The van der Waals surface area contributed by atoms with Crippen molar-refractivity contribution in [2.24, 2.45) is 0 Å². The average molecular weight is 505 g/mol. The molecule has 0 saturated carbocycles. The molecule has 0 unspecified atom stereocenters. The van der Waals surface area contributed by atoms with E-state index in [0.717, 1.165) is 4.47 Å². The van der Waals surface area contributed by atoms with Gasteiger partial charge in [-0.1, -0.05) is 15.9 Å². The lowest BCUT2D eigenvalue weighted by atomic mass is 10.1. The summed E-state index contributed by atoms with van der Waals surface area (Å²) in [6.45, 7) is 5.36. The summed E-state index contributed by atoms with van der Waals surface area (Å²) in [5.41, 5.74) is 1.78. The Morgan fingerprint density at radius 2 is 1.52 bits per heavy atom. The van der Waals surface area contributed by atoms with Crippen LogP contribution in [0, 0.1) is 0 Å². The first-order chi connectivity index (χ1) is 14.4. The number of carboxylic acid groups (broad SMARTS) is 2. The largest absolute Gasteiger partial charge is 0.490 e. The molecule has 7 nitrogen and oxygen atoms in total. The molecule has 0 heterocycles. The van der Waals surface area contributed by atoms with E-state index in [2.05, 4.69) is 21.2 Å². The molecule has 0 aromatic heterocycles. The number of carboxylic acids is 2. The number of aliphatic carboxylic acids is 1. The number of carbonyl (C=O) groups is 3. The molecule has 168 valence electrons. The number of benzene rings is 2. The van der Waals surface area contributed by atoms with E-state index >= 15 is 0 Å². The van der Waals surface area contributed by atoms with Crippen molar-refractivity contribution in [2.75, 3.05) is 23.3 Å². The van der Waals surface area contributed by atoms with Crippen LogP contribution in [-0.4, -0.2) is 47.3 Å². The zero-order valence-electron chi connectivity index (χ0n) is 16.5. The molecular formula is C20H20BrF3N2O5. The Labute approximate surface area is 184 Å². The monoisotopic (exact) mass is 504 g/mol. The van der Waals surface area contributed by atoms with E-state index in [-0.39, 0.29) is 11.5 Å². The quantitative estimate of drug-likeness (QED) is 0.517. The molecule has 0 aliphatic carbocycles. The summed E-state index contributed by atoms with van der Waals surface area (Å²) in [4.78, 5) is 34.7. The van der Waals surface area contributed by atoms with Crippen molar-refractivity contribution in [3.05, 3.63) is 58.1 Å². The molecule has 0 radical (unpaired) electrons. The van der Waals surface area contributed by atoms with Crippen LogP contribution in [0.15, 0.2) is 46.9 Å². The fraction of sp³-hybridized carbons (Fsp3) is 0.250. The lowest BCUT2D eigenvalue weighted by Gasteiger charge is -2.23. The number of nitrogens with one attached hydrogen (secondary N) is 1. The third kappa shape index (κ3) is 7.93. The molecule has 0 spiro atoms. The van der Waals surface area contributed by atoms with Crippen molar-refractivity contribution < 1.29 is 37.8 Å². The number of amides is 1. The van der Waals surface area contributed by atoms with E-state index in [1.165, 1.54) is 6.07 Å². The first-order valence-corrected chi connectivity index (χ1v) is 9.69. The molecule has 0 aliphatic heterocycles. The number of anilines is 2. The summed E-state index contributed by atoms with van der Waals surface area (Å²) in [7, 11) is 0. The van der Waals surface area contributed by atoms with Crippen LogP contribution in [0.5, 0.6) is 0 Å². The van der Waals surface area contributed by atoms with Gasteiger partial charge in [-0.15, -0.1) is 0 Å². The third-order valence-corrected chi connectivity index (χ3v) is 4.47. The average Bonchev–Trinajstić information content (AvgIpc) is 2.69. The van der Waals surface area contributed by atoms with Gasteiger partial charge in [-0.2, -0.15) is 13.2 Å². The van der Waals surface area contributed by atoms with E-state index in [4.69, 9.17) is 9.90 Å². The molecule has 1 amide bonds. The van der Waals surface area contributed by atoms with Gasteiger partial charge in [0.1, 0.15) is 0 Å². The molecule has 0 saturated heterocycles. The zero-order chi connectivity index (χ0) is 23.8. The first-order valence-electron chi connectivity index (χ1n) is 8.90. The van der Waals surface area contributed by atoms with Gasteiger partial charge in [0.2, 0.25) is 0 Å². The number of hydrogen-bond acceptors (Lipinski definition) is 4. The van der Waals surface area contributed by atoms with Crippen molar-refractivity contribution in [1.29, 1.82) is 0 Å². The van der Waals surface area contributed by atoms with Gasteiger partial charge >= 0.3 is 18.1 Å². The lowest BCUT2D eigenvalue weighted by molar-refractivity contribution is -0.192. The number of aromatic carboxylic acids is 1. The maximum atomic E-state index is 12.3. The second kappa shape index (κ2) is 11.3. The van der Waals surface area contributed by atoms with Crippen molar-refractivity contribution in [3.63, 3.8) is 0 Å². The number of alkyl halides is 3. The molecule has 2 aromatic carbocycles. The standard InChI is InChI=1S/C18H19BrN2O3.C2HF3O2/c1-3-21(4-2)16-10-9-14(11-15(16)18(23)24)20-17(22)12-5-7-13(19)8-6-12;3-2(4,5)1(6)7/h5-11H,3-4H2,1-2H3,(H,20,22)(H,23,24);(H,6,7). The maximum Gasteiger partial charge on any atom is 0.490 e. The van der Waals surface area contributed by atoms with Crippen LogP contribution < -0.4 is 10.2 Å². The number of halogens is 4. The fourth-order valence-corrected chi connectivity index (χ4v) is 2.69. The summed E-state index contributed by atoms with van der Waals surface area (Å²) >= 11 is 3.32. The van der Waals surface area contributed by atoms with Gasteiger partial charge in [0.25, 0.3) is 5.91 Å². The van der Waals surface area contributed by atoms with Gasteiger partial charge in [0.05, 0.1) is 11.3 Å². The highest BCUT2D eigenvalue weighted by molar-refractivity contribution is 9.10. The Kier molecular flexibility index (Phi) is 9.50. The van der Waals surface area contributed by atoms with Crippen molar-refractivity contribution >= 4 is 45.2 Å². The van der Waals surface area contributed by atoms with Crippen LogP contribution >= 0.6 is 15.9 Å². The molecule has 2 aromatic rings. The summed E-state index contributed by atoms with van der Waals surface area (Å²) in [5.74, 6) is -4.06. The number of carbonyl (C=O) groups excluding carboxylic acids is 1. The van der Waals surface area contributed by atoms with Gasteiger partial charge in [0, 0.05) is 28.8 Å². The second-order valence-electron chi connectivity index (χ2n) is 5.97. The Bertz CT molecular complexity index is 929. The smallest absolute Gasteiger partial charge is 0.478 e. The Morgan fingerprint density at radius 1 is 1.00 bits per heavy atom. The molecule has 0 fully saturated rings. The number of rotatable bonds is 6. The van der Waals surface area contributed by atoms with Crippen LogP contribution in [-0.2, 0) is 4.79 Å².